The molecule has 1 amide bonds. The van der Waals surface area contributed by atoms with Crippen LogP contribution in [0.15, 0.2) is 17.5 Å². The van der Waals surface area contributed by atoms with Crippen molar-refractivity contribution in [1.29, 1.82) is 0 Å². The minimum atomic E-state index is 0.111. The van der Waals surface area contributed by atoms with Gasteiger partial charge in [-0.15, -0.1) is 11.3 Å². The molecule has 1 atom stereocenters. The van der Waals surface area contributed by atoms with Gasteiger partial charge in [0.15, 0.2) is 0 Å². The average molecular weight is 268 g/mol. The lowest BCUT2D eigenvalue weighted by molar-refractivity contribution is -0.122. The van der Waals surface area contributed by atoms with Gasteiger partial charge < -0.3 is 15.0 Å². The molecule has 2 heterocycles. The van der Waals surface area contributed by atoms with Gasteiger partial charge in [0, 0.05) is 30.9 Å². The molecule has 1 saturated heterocycles. The number of hydrogen-bond donors (Lipinski definition) is 1. The summed E-state index contributed by atoms with van der Waals surface area (Å²) in [6, 6.07) is 4.08. The van der Waals surface area contributed by atoms with Crippen molar-refractivity contribution in [1.82, 2.24) is 10.2 Å². The standard InChI is InChI=1S/C13H20N2O2S/c1-15-6-7-17-11(10-15)9-14-13(16)5-4-12-3-2-8-18-12/h2-3,8,11H,4-7,9-10H2,1H3,(H,14,16). The molecule has 1 aliphatic heterocycles. The van der Waals surface area contributed by atoms with Gasteiger partial charge in [-0.1, -0.05) is 6.07 Å². The zero-order valence-electron chi connectivity index (χ0n) is 10.7. The van der Waals surface area contributed by atoms with E-state index in [4.69, 9.17) is 4.74 Å². The van der Waals surface area contributed by atoms with Crippen LogP contribution in [0.25, 0.3) is 0 Å². The molecule has 0 radical (unpaired) electrons. The molecule has 1 aliphatic rings. The van der Waals surface area contributed by atoms with Crippen molar-refractivity contribution in [2.24, 2.45) is 0 Å². The number of aryl methyl sites for hydroxylation is 1. The quantitative estimate of drug-likeness (QED) is 0.870. The molecule has 1 N–H and O–H groups in total. The highest BCUT2D eigenvalue weighted by molar-refractivity contribution is 7.09. The molecule has 1 fully saturated rings. The average Bonchev–Trinajstić information content (AvgIpc) is 2.87. The first-order valence-corrected chi connectivity index (χ1v) is 7.21. The summed E-state index contributed by atoms with van der Waals surface area (Å²) in [6.45, 7) is 3.24. The first-order valence-electron chi connectivity index (χ1n) is 6.33. The Kier molecular flexibility index (Phi) is 5.16. The Morgan fingerprint density at radius 1 is 1.67 bits per heavy atom. The van der Waals surface area contributed by atoms with E-state index < -0.39 is 0 Å². The summed E-state index contributed by atoms with van der Waals surface area (Å²) < 4.78 is 5.59. The smallest absolute Gasteiger partial charge is 0.220 e. The number of amides is 1. The molecule has 1 aromatic rings. The van der Waals surface area contributed by atoms with Gasteiger partial charge in [0.05, 0.1) is 12.7 Å². The highest BCUT2D eigenvalue weighted by Gasteiger charge is 2.17. The molecule has 0 spiro atoms. The van der Waals surface area contributed by atoms with Crippen molar-refractivity contribution in [2.45, 2.75) is 18.9 Å². The summed E-state index contributed by atoms with van der Waals surface area (Å²) in [5.41, 5.74) is 0. The third kappa shape index (κ3) is 4.40. The van der Waals surface area contributed by atoms with Crippen molar-refractivity contribution in [2.75, 3.05) is 33.3 Å². The minimum absolute atomic E-state index is 0.111. The van der Waals surface area contributed by atoms with E-state index in [9.17, 15) is 4.79 Å². The Labute approximate surface area is 112 Å². The van der Waals surface area contributed by atoms with Crippen LogP contribution in [0.1, 0.15) is 11.3 Å². The van der Waals surface area contributed by atoms with Crippen LogP contribution >= 0.6 is 11.3 Å². The first kappa shape index (κ1) is 13.5. The van der Waals surface area contributed by atoms with E-state index in [1.165, 1.54) is 4.88 Å². The number of rotatable bonds is 5. The number of nitrogens with one attached hydrogen (secondary N) is 1. The molecule has 4 nitrogen and oxygen atoms in total. The molecule has 2 rings (SSSR count). The summed E-state index contributed by atoms with van der Waals surface area (Å²) in [5, 5.41) is 4.99. The number of hydrogen-bond acceptors (Lipinski definition) is 4. The van der Waals surface area contributed by atoms with Gasteiger partial charge in [0.1, 0.15) is 0 Å². The molecule has 1 aromatic heterocycles. The minimum Gasteiger partial charge on any atom is -0.374 e. The summed E-state index contributed by atoms with van der Waals surface area (Å²) in [7, 11) is 2.08. The Bertz CT molecular complexity index is 367. The van der Waals surface area contributed by atoms with Gasteiger partial charge >= 0.3 is 0 Å². The number of carbonyl (C=O) groups is 1. The fraction of sp³-hybridized carbons (Fsp3) is 0.615. The van der Waals surface area contributed by atoms with Crippen LogP contribution in [0.2, 0.25) is 0 Å². The summed E-state index contributed by atoms with van der Waals surface area (Å²) in [4.78, 5) is 15.2. The number of morpholine rings is 1. The Morgan fingerprint density at radius 3 is 3.28 bits per heavy atom. The van der Waals surface area contributed by atoms with Gasteiger partial charge in [0.25, 0.3) is 0 Å². The molecule has 100 valence electrons. The zero-order chi connectivity index (χ0) is 12.8. The molecule has 18 heavy (non-hydrogen) atoms. The Hall–Kier alpha value is -0.910. The van der Waals surface area contributed by atoms with E-state index in [1.54, 1.807) is 11.3 Å². The largest absolute Gasteiger partial charge is 0.374 e. The van der Waals surface area contributed by atoms with Gasteiger partial charge in [-0.05, 0) is 24.9 Å². The van der Waals surface area contributed by atoms with Gasteiger partial charge in [0.2, 0.25) is 5.91 Å². The van der Waals surface area contributed by atoms with E-state index in [-0.39, 0.29) is 12.0 Å². The molecular weight excluding hydrogens is 248 g/mol. The monoisotopic (exact) mass is 268 g/mol. The molecule has 1 unspecified atom stereocenters. The first-order chi connectivity index (χ1) is 8.74. The molecule has 0 aromatic carbocycles. The van der Waals surface area contributed by atoms with Gasteiger partial charge in [-0.3, -0.25) is 4.79 Å². The molecule has 0 bridgehead atoms. The van der Waals surface area contributed by atoms with Gasteiger partial charge in [-0.25, -0.2) is 0 Å². The van der Waals surface area contributed by atoms with E-state index >= 15 is 0 Å². The summed E-state index contributed by atoms with van der Waals surface area (Å²) in [5.74, 6) is 0.111. The van der Waals surface area contributed by atoms with Crippen LogP contribution in [-0.2, 0) is 16.0 Å². The highest BCUT2D eigenvalue weighted by Crippen LogP contribution is 2.10. The van der Waals surface area contributed by atoms with Gasteiger partial charge in [-0.2, -0.15) is 0 Å². The maximum absolute atomic E-state index is 11.7. The zero-order valence-corrected chi connectivity index (χ0v) is 11.5. The van der Waals surface area contributed by atoms with Crippen molar-refractivity contribution in [3.63, 3.8) is 0 Å². The SMILES string of the molecule is CN1CCOC(CNC(=O)CCc2cccs2)C1. The normalized spacial score (nSPS) is 20.8. The fourth-order valence-corrected chi connectivity index (χ4v) is 2.71. The van der Waals surface area contributed by atoms with E-state index in [1.807, 2.05) is 11.4 Å². The van der Waals surface area contributed by atoms with E-state index in [0.29, 0.717) is 13.0 Å². The maximum atomic E-state index is 11.7. The second-order valence-corrected chi connectivity index (χ2v) is 5.67. The summed E-state index contributed by atoms with van der Waals surface area (Å²) in [6.07, 6.45) is 1.52. The van der Waals surface area contributed by atoms with Crippen molar-refractivity contribution in [3.05, 3.63) is 22.4 Å². The van der Waals surface area contributed by atoms with Crippen LogP contribution in [-0.4, -0.2) is 50.2 Å². The number of likely N-dealkylation sites (N-methyl/N-ethyl adjacent to an activating group) is 1. The van der Waals surface area contributed by atoms with Crippen molar-refractivity contribution < 1.29 is 9.53 Å². The maximum Gasteiger partial charge on any atom is 0.220 e. The number of carbonyl (C=O) groups excluding carboxylic acids is 1. The predicted molar refractivity (Wildman–Crippen MR) is 72.9 cm³/mol. The van der Waals surface area contributed by atoms with E-state index in [0.717, 1.165) is 26.1 Å². The lowest BCUT2D eigenvalue weighted by Gasteiger charge is -2.30. The van der Waals surface area contributed by atoms with Crippen molar-refractivity contribution in [3.8, 4) is 0 Å². The van der Waals surface area contributed by atoms with Crippen LogP contribution in [0.3, 0.4) is 0 Å². The number of nitrogens with zero attached hydrogens (tertiary/aromatic N) is 1. The third-order valence-electron chi connectivity index (χ3n) is 3.05. The molecule has 5 heteroatoms. The Morgan fingerprint density at radius 2 is 2.56 bits per heavy atom. The molecule has 0 saturated carbocycles. The topological polar surface area (TPSA) is 41.6 Å². The number of thiophene rings is 1. The second kappa shape index (κ2) is 6.87. The van der Waals surface area contributed by atoms with Crippen LogP contribution in [0.4, 0.5) is 0 Å². The van der Waals surface area contributed by atoms with Crippen molar-refractivity contribution >= 4 is 17.2 Å². The molecule has 0 aliphatic carbocycles. The third-order valence-corrected chi connectivity index (χ3v) is 3.98. The van der Waals surface area contributed by atoms with Crippen LogP contribution in [0, 0.1) is 0 Å². The summed E-state index contributed by atoms with van der Waals surface area (Å²) >= 11 is 1.70. The second-order valence-electron chi connectivity index (χ2n) is 4.64. The van der Waals surface area contributed by atoms with Crippen LogP contribution in [0.5, 0.6) is 0 Å². The lowest BCUT2D eigenvalue weighted by atomic mass is 10.2. The Balaban J connectivity index is 1.62. The lowest BCUT2D eigenvalue weighted by Crippen LogP contribution is -2.45. The number of ether oxygens (including phenoxy) is 1. The fourth-order valence-electron chi connectivity index (χ4n) is 2.00. The molecular formula is C13H20N2O2S. The highest BCUT2D eigenvalue weighted by atomic mass is 32.1. The van der Waals surface area contributed by atoms with Crippen LogP contribution < -0.4 is 5.32 Å². The van der Waals surface area contributed by atoms with E-state index in [2.05, 4.69) is 23.3 Å². The predicted octanol–water partition coefficient (Wildman–Crippen LogP) is 1.13.